The summed E-state index contributed by atoms with van der Waals surface area (Å²) < 4.78 is 31.2. The number of hydrogen-bond acceptors (Lipinski definition) is 5. The number of ether oxygens (including phenoxy) is 1. The number of sulfonamides is 1. The molecule has 3 N–H and O–H groups in total. The highest BCUT2D eigenvalue weighted by molar-refractivity contribution is 7.89. The molecule has 0 aliphatic rings. The van der Waals surface area contributed by atoms with Crippen LogP contribution in [0.3, 0.4) is 0 Å². The second-order valence-corrected chi connectivity index (χ2v) is 5.84. The summed E-state index contributed by atoms with van der Waals surface area (Å²) in [6, 6.07) is 5.03. The Morgan fingerprint density at radius 1 is 1.38 bits per heavy atom. The number of nitrogens with one attached hydrogen (secondary N) is 1. The van der Waals surface area contributed by atoms with Gasteiger partial charge in [0.05, 0.1) is 18.0 Å². The maximum Gasteiger partial charge on any atom is 0.323 e. The van der Waals surface area contributed by atoms with Crippen LogP contribution in [-0.2, 0) is 19.6 Å². The number of esters is 1. The van der Waals surface area contributed by atoms with Gasteiger partial charge in [0, 0.05) is 5.56 Å². The molecule has 0 radical (unpaired) electrons. The van der Waals surface area contributed by atoms with Crippen molar-refractivity contribution < 1.29 is 17.9 Å². The van der Waals surface area contributed by atoms with E-state index in [1.165, 1.54) is 19.1 Å². The molecule has 1 atom stereocenters. The van der Waals surface area contributed by atoms with Gasteiger partial charge in [-0.15, -0.1) is 0 Å². The van der Waals surface area contributed by atoms with Crippen LogP contribution in [0.25, 0.3) is 0 Å². The first-order chi connectivity index (χ1) is 9.90. The highest BCUT2D eigenvalue weighted by atomic mass is 32.2. The first-order valence-corrected chi connectivity index (χ1v) is 7.87. The first kappa shape index (κ1) is 17.2. The molecule has 1 rings (SSSR count). The maximum atomic E-state index is 12.1. The van der Waals surface area contributed by atoms with E-state index >= 15 is 0 Å². The molecule has 0 saturated heterocycles. The van der Waals surface area contributed by atoms with Gasteiger partial charge < -0.3 is 10.5 Å². The van der Waals surface area contributed by atoms with Crippen molar-refractivity contribution in [2.75, 3.05) is 13.2 Å². The van der Waals surface area contributed by atoms with Crippen LogP contribution < -0.4 is 10.5 Å². The molecule has 0 aliphatic heterocycles. The zero-order valence-electron chi connectivity index (χ0n) is 11.9. The van der Waals surface area contributed by atoms with Crippen molar-refractivity contribution in [2.45, 2.75) is 24.8 Å². The molecule has 0 aliphatic carbocycles. The smallest absolute Gasteiger partial charge is 0.323 e. The molecule has 0 bridgehead atoms. The zero-order valence-corrected chi connectivity index (χ0v) is 12.7. The Morgan fingerprint density at radius 3 is 2.52 bits per heavy atom. The van der Waals surface area contributed by atoms with Gasteiger partial charge in [0.2, 0.25) is 10.0 Å². The summed E-state index contributed by atoms with van der Waals surface area (Å²) in [4.78, 5) is 11.5. The minimum absolute atomic E-state index is 0.0527. The minimum atomic E-state index is -3.78. The molecular weight excluding hydrogens is 292 g/mol. The Kier molecular flexibility index (Phi) is 6.37. The van der Waals surface area contributed by atoms with E-state index in [-0.39, 0.29) is 18.0 Å². The van der Waals surface area contributed by atoms with E-state index < -0.39 is 22.0 Å². The summed E-state index contributed by atoms with van der Waals surface area (Å²) in [6.45, 7) is 3.51. The molecule has 1 aromatic rings. The van der Waals surface area contributed by atoms with Crippen LogP contribution in [0.1, 0.15) is 19.4 Å². The van der Waals surface area contributed by atoms with Crippen LogP contribution in [0.5, 0.6) is 0 Å². The van der Waals surface area contributed by atoms with Crippen molar-refractivity contribution in [1.29, 1.82) is 0 Å². The summed E-state index contributed by atoms with van der Waals surface area (Å²) in [5.41, 5.74) is 5.92. The molecule has 6 nitrogen and oxygen atoms in total. The highest BCUT2D eigenvalue weighted by Crippen LogP contribution is 2.11. The molecule has 0 amide bonds. The summed E-state index contributed by atoms with van der Waals surface area (Å²) in [6.07, 6.45) is 0. The summed E-state index contributed by atoms with van der Waals surface area (Å²) in [7, 11) is -3.78. The van der Waals surface area contributed by atoms with Crippen molar-refractivity contribution >= 4 is 16.0 Å². The summed E-state index contributed by atoms with van der Waals surface area (Å²) in [5, 5.41) is 0. The topological polar surface area (TPSA) is 98.5 Å². The van der Waals surface area contributed by atoms with E-state index in [1.54, 1.807) is 19.1 Å². The zero-order chi connectivity index (χ0) is 15.9. The minimum Gasteiger partial charge on any atom is -0.465 e. The van der Waals surface area contributed by atoms with Gasteiger partial charge in [0.25, 0.3) is 0 Å². The van der Waals surface area contributed by atoms with Crippen LogP contribution in [0, 0.1) is 11.8 Å². The first-order valence-electron chi connectivity index (χ1n) is 6.38. The third-order valence-corrected chi connectivity index (χ3v) is 4.03. The van der Waals surface area contributed by atoms with E-state index in [4.69, 9.17) is 10.5 Å². The number of carbonyl (C=O) groups is 1. The molecule has 1 unspecified atom stereocenters. The van der Waals surface area contributed by atoms with E-state index in [0.29, 0.717) is 5.56 Å². The summed E-state index contributed by atoms with van der Waals surface area (Å²) in [5.74, 6) is 4.85. The van der Waals surface area contributed by atoms with Gasteiger partial charge in [-0.3, -0.25) is 4.79 Å². The lowest BCUT2D eigenvalue weighted by atomic mass is 10.2. The quantitative estimate of drug-likeness (QED) is 0.599. The SMILES string of the molecule is CCOC(=O)C(C)NS(=O)(=O)c1ccc(C#CCN)cc1. The molecule has 0 fully saturated rings. The van der Waals surface area contributed by atoms with Crippen molar-refractivity contribution in [1.82, 2.24) is 4.72 Å². The predicted octanol–water partition coefficient (Wildman–Crippen LogP) is 0.227. The van der Waals surface area contributed by atoms with Crippen LogP contribution in [0.2, 0.25) is 0 Å². The average molecular weight is 310 g/mol. The normalized spacial score (nSPS) is 12.1. The fourth-order valence-corrected chi connectivity index (χ4v) is 2.68. The Bertz CT molecular complexity index is 642. The van der Waals surface area contributed by atoms with Crippen LogP contribution in [-0.4, -0.2) is 33.6 Å². The Labute approximate surface area is 124 Å². The lowest BCUT2D eigenvalue weighted by molar-refractivity contribution is -0.144. The number of hydrogen-bond donors (Lipinski definition) is 2. The predicted molar refractivity (Wildman–Crippen MR) is 78.8 cm³/mol. The van der Waals surface area contributed by atoms with Gasteiger partial charge in [-0.2, -0.15) is 4.72 Å². The number of benzene rings is 1. The third-order valence-electron chi connectivity index (χ3n) is 2.47. The van der Waals surface area contributed by atoms with E-state index in [9.17, 15) is 13.2 Å². The van der Waals surface area contributed by atoms with Gasteiger partial charge in [0.1, 0.15) is 6.04 Å². The fourth-order valence-electron chi connectivity index (χ4n) is 1.49. The van der Waals surface area contributed by atoms with Gasteiger partial charge in [0.15, 0.2) is 0 Å². The van der Waals surface area contributed by atoms with Gasteiger partial charge in [-0.25, -0.2) is 8.42 Å². The Morgan fingerprint density at radius 2 is 2.00 bits per heavy atom. The van der Waals surface area contributed by atoms with Crippen molar-refractivity contribution in [3.8, 4) is 11.8 Å². The van der Waals surface area contributed by atoms with Crippen LogP contribution in [0.15, 0.2) is 29.2 Å². The summed E-state index contributed by atoms with van der Waals surface area (Å²) >= 11 is 0. The van der Waals surface area contributed by atoms with Crippen LogP contribution >= 0.6 is 0 Å². The molecule has 21 heavy (non-hydrogen) atoms. The standard InChI is InChI=1S/C14H18N2O4S/c1-3-20-14(17)11(2)16-21(18,19)13-8-6-12(7-9-13)5-4-10-15/h6-9,11,16H,3,10,15H2,1-2H3. The second-order valence-electron chi connectivity index (χ2n) is 4.13. The largest absolute Gasteiger partial charge is 0.465 e. The molecule has 0 heterocycles. The van der Waals surface area contributed by atoms with Gasteiger partial charge >= 0.3 is 5.97 Å². The number of carbonyl (C=O) groups excluding carboxylic acids is 1. The molecule has 114 valence electrons. The van der Waals surface area contributed by atoms with E-state index in [2.05, 4.69) is 16.6 Å². The molecule has 0 spiro atoms. The van der Waals surface area contributed by atoms with E-state index in [0.717, 1.165) is 0 Å². The van der Waals surface area contributed by atoms with Crippen LogP contribution in [0.4, 0.5) is 0 Å². The number of nitrogens with two attached hydrogens (primary N) is 1. The van der Waals surface area contributed by atoms with E-state index in [1.807, 2.05) is 0 Å². The molecule has 0 aromatic heterocycles. The van der Waals surface area contributed by atoms with Crippen molar-refractivity contribution in [3.63, 3.8) is 0 Å². The lowest BCUT2D eigenvalue weighted by Gasteiger charge is -2.13. The van der Waals surface area contributed by atoms with Gasteiger partial charge in [-0.05, 0) is 38.1 Å². The monoisotopic (exact) mass is 310 g/mol. The Hall–Kier alpha value is -1.88. The molecule has 7 heteroatoms. The Balaban J connectivity index is 2.85. The third kappa shape index (κ3) is 5.19. The molecule has 0 saturated carbocycles. The number of rotatable bonds is 5. The molecule has 1 aromatic carbocycles. The lowest BCUT2D eigenvalue weighted by Crippen LogP contribution is -2.39. The average Bonchev–Trinajstić information content (AvgIpc) is 2.45. The fraction of sp³-hybridized carbons (Fsp3) is 0.357. The second kappa shape index (κ2) is 7.78. The van der Waals surface area contributed by atoms with Gasteiger partial charge in [-0.1, -0.05) is 11.8 Å². The van der Waals surface area contributed by atoms with Crippen molar-refractivity contribution in [3.05, 3.63) is 29.8 Å². The maximum absolute atomic E-state index is 12.1. The molecular formula is C14H18N2O4S. The van der Waals surface area contributed by atoms with Crippen molar-refractivity contribution in [2.24, 2.45) is 5.73 Å². The highest BCUT2D eigenvalue weighted by Gasteiger charge is 2.22.